The van der Waals surface area contributed by atoms with Crippen LogP contribution in [0.2, 0.25) is 0 Å². The van der Waals surface area contributed by atoms with Gasteiger partial charge in [0.15, 0.2) is 0 Å². The van der Waals surface area contributed by atoms with Crippen molar-refractivity contribution in [1.82, 2.24) is 0 Å². The highest BCUT2D eigenvalue weighted by molar-refractivity contribution is 5.34. The van der Waals surface area contributed by atoms with E-state index >= 15 is 0 Å². The monoisotopic (exact) mass is 256 g/mol. The maximum atomic E-state index is 13.5. The summed E-state index contributed by atoms with van der Waals surface area (Å²) in [4.78, 5) is 0. The molecule has 0 atom stereocenters. The second-order valence-corrected chi connectivity index (χ2v) is 4.06. The zero-order valence-corrected chi connectivity index (χ0v) is 10.3. The molecule has 0 spiro atoms. The van der Waals surface area contributed by atoms with E-state index in [1.807, 2.05) is 24.3 Å². The summed E-state index contributed by atoms with van der Waals surface area (Å²) in [6.45, 7) is 0.505. The van der Waals surface area contributed by atoms with Gasteiger partial charge >= 0.3 is 0 Å². The minimum absolute atomic E-state index is 0.0787. The predicted octanol–water partition coefficient (Wildman–Crippen LogP) is 2.74. The van der Waals surface area contributed by atoms with E-state index in [1.54, 1.807) is 6.07 Å². The Bertz CT molecular complexity index is 620. The van der Waals surface area contributed by atoms with Gasteiger partial charge in [-0.25, -0.2) is 4.39 Å². The SMILES string of the molecule is N#Cc1ccc(F)c(COc2cccc(CN)c2)c1. The molecule has 2 rings (SSSR count). The summed E-state index contributed by atoms with van der Waals surface area (Å²) < 4.78 is 19.1. The molecule has 19 heavy (non-hydrogen) atoms. The average Bonchev–Trinajstić information content (AvgIpc) is 2.46. The van der Waals surface area contributed by atoms with E-state index in [2.05, 4.69) is 0 Å². The lowest BCUT2D eigenvalue weighted by molar-refractivity contribution is 0.299. The third kappa shape index (κ3) is 3.30. The molecule has 0 unspecified atom stereocenters. The maximum Gasteiger partial charge on any atom is 0.129 e. The normalized spacial score (nSPS) is 9.95. The first-order valence-corrected chi connectivity index (χ1v) is 5.83. The zero-order valence-electron chi connectivity index (χ0n) is 10.3. The van der Waals surface area contributed by atoms with Crippen molar-refractivity contribution in [3.63, 3.8) is 0 Å². The number of rotatable bonds is 4. The molecular weight excluding hydrogens is 243 g/mol. The summed E-state index contributed by atoms with van der Waals surface area (Å²) in [5, 5.41) is 8.78. The molecule has 0 aliphatic heterocycles. The smallest absolute Gasteiger partial charge is 0.129 e. The van der Waals surface area contributed by atoms with E-state index in [-0.39, 0.29) is 12.4 Å². The molecule has 0 aliphatic rings. The molecule has 0 saturated heterocycles. The summed E-state index contributed by atoms with van der Waals surface area (Å²) in [5.74, 6) is 0.249. The lowest BCUT2D eigenvalue weighted by atomic mass is 10.1. The van der Waals surface area contributed by atoms with Crippen LogP contribution in [0.4, 0.5) is 4.39 Å². The highest BCUT2D eigenvalue weighted by Crippen LogP contribution is 2.17. The van der Waals surface area contributed by atoms with Gasteiger partial charge in [0.05, 0.1) is 11.6 Å². The standard InChI is InChI=1S/C15H13FN2O/c16-15-5-4-12(9-18)6-13(15)10-19-14-3-1-2-11(7-14)8-17/h1-7H,8,10,17H2. The van der Waals surface area contributed by atoms with Crippen LogP contribution in [-0.4, -0.2) is 0 Å². The minimum atomic E-state index is -0.381. The van der Waals surface area contributed by atoms with E-state index in [1.165, 1.54) is 18.2 Å². The van der Waals surface area contributed by atoms with Crippen LogP contribution in [0.15, 0.2) is 42.5 Å². The highest BCUT2D eigenvalue weighted by atomic mass is 19.1. The third-order valence-corrected chi connectivity index (χ3v) is 2.70. The first-order valence-electron chi connectivity index (χ1n) is 5.83. The Kier molecular flexibility index (Phi) is 4.11. The summed E-state index contributed by atoms with van der Waals surface area (Å²) in [5.41, 5.74) is 7.26. The summed E-state index contributed by atoms with van der Waals surface area (Å²) in [7, 11) is 0. The van der Waals surface area contributed by atoms with Crippen LogP contribution in [0.1, 0.15) is 16.7 Å². The van der Waals surface area contributed by atoms with Crippen molar-refractivity contribution in [2.24, 2.45) is 5.73 Å². The lowest BCUT2D eigenvalue weighted by Crippen LogP contribution is -2.01. The molecular formula is C15H13FN2O. The number of hydrogen-bond acceptors (Lipinski definition) is 3. The van der Waals surface area contributed by atoms with Crippen LogP contribution in [-0.2, 0) is 13.2 Å². The van der Waals surface area contributed by atoms with Gasteiger partial charge in [-0.1, -0.05) is 12.1 Å². The molecule has 3 nitrogen and oxygen atoms in total. The van der Waals surface area contributed by atoms with Crippen LogP contribution in [0.25, 0.3) is 0 Å². The van der Waals surface area contributed by atoms with Crippen LogP contribution in [0, 0.1) is 17.1 Å². The Hall–Kier alpha value is -2.38. The third-order valence-electron chi connectivity index (χ3n) is 2.70. The van der Waals surface area contributed by atoms with Gasteiger partial charge in [-0.2, -0.15) is 5.26 Å². The number of nitrogens with zero attached hydrogens (tertiary/aromatic N) is 1. The van der Waals surface area contributed by atoms with Gasteiger partial charge in [0.25, 0.3) is 0 Å². The molecule has 0 fully saturated rings. The van der Waals surface area contributed by atoms with Gasteiger partial charge in [-0.05, 0) is 35.9 Å². The number of ether oxygens (including phenoxy) is 1. The number of hydrogen-bond donors (Lipinski definition) is 1. The van der Waals surface area contributed by atoms with Crippen molar-refractivity contribution >= 4 is 0 Å². The van der Waals surface area contributed by atoms with Gasteiger partial charge in [-0.3, -0.25) is 0 Å². The van der Waals surface area contributed by atoms with Crippen LogP contribution >= 0.6 is 0 Å². The van der Waals surface area contributed by atoms with Crippen molar-refractivity contribution in [3.8, 4) is 11.8 Å². The van der Waals surface area contributed by atoms with E-state index in [0.29, 0.717) is 23.4 Å². The van der Waals surface area contributed by atoms with E-state index in [0.717, 1.165) is 5.56 Å². The van der Waals surface area contributed by atoms with Crippen molar-refractivity contribution in [2.75, 3.05) is 0 Å². The molecule has 0 amide bonds. The predicted molar refractivity (Wildman–Crippen MR) is 69.8 cm³/mol. The number of nitrogens with two attached hydrogens (primary N) is 1. The Labute approximate surface area is 111 Å². The second kappa shape index (κ2) is 5.98. The topological polar surface area (TPSA) is 59.0 Å². The van der Waals surface area contributed by atoms with Crippen molar-refractivity contribution in [1.29, 1.82) is 5.26 Å². The molecule has 0 aliphatic carbocycles. The average molecular weight is 256 g/mol. The van der Waals surface area contributed by atoms with Gasteiger partial charge in [0.1, 0.15) is 18.2 Å². The molecule has 0 radical (unpaired) electrons. The highest BCUT2D eigenvalue weighted by Gasteiger charge is 2.05. The van der Waals surface area contributed by atoms with Gasteiger partial charge in [0.2, 0.25) is 0 Å². The van der Waals surface area contributed by atoms with Crippen LogP contribution in [0.3, 0.4) is 0 Å². The fourth-order valence-corrected chi connectivity index (χ4v) is 1.68. The molecule has 2 N–H and O–H groups in total. The Morgan fingerprint density at radius 1 is 1.21 bits per heavy atom. The molecule has 2 aromatic rings. The minimum Gasteiger partial charge on any atom is -0.489 e. The molecule has 0 bridgehead atoms. The van der Waals surface area contributed by atoms with E-state index < -0.39 is 0 Å². The number of halogens is 1. The summed E-state index contributed by atoms with van der Waals surface area (Å²) in [6, 6.07) is 13.5. The second-order valence-electron chi connectivity index (χ2n) is 4.06. The molecule has 96 valence electrons. The van der Waals surface area contributed by atoms with Crippen LogP contribution in [0.5, 0.6) is 5.75 Å². The molecule has 0 aromatic heterocycles. The van der Waals surface area contributed by atoms with Gasteiger partial charge in [-0.15, -0.1) is 0 Å². The largest absolute Gasteiger partial charge is 0.489 e. The maximum absolute atomic E-state index is 13.5. The first kappa shape index (κ1) is 13.1. The zero-order chi connectivity index (χ0) is 13.7. The van der Waals surface area contributed by atoms with E-state index in [4.69, 9.17) is 15.7 Å². The number of nitriles is 1. The van der Waals surface area contributed by atoms with Crippen molar-refractivity contribution < 1.29 is 9.13 Å². The molecule has 0 heterocycles. The number of benzene rings is 2. The quantitative estimate of drug-likeness (QED) is 0.915. The Balaban J connectivity index is 2.12. The Morgan fingerprint density at radius 2 is 2.05 bits per heavy atom. The molecule has 4 heteroatoms. The van der Waals surface area contributed by atoms with E-state index in [9.17, 15) is 4.39 Å². The van der Waals surface area contributed by atoms with Crippen molar-refractivity contribution in [2.45, 2.75) is 13.2 Å². The summed E-state index contributed by atoms with van der Waals surface area (Å²) in [6.07, 6.45) is 0. The first-order chi connectivity index (χ1) is 9.22. The fourth-order valence-electron chi connectivity index (χ4n) is 1.68. The molecule has 2 aromatic carbocycles. The molecule has 0 saturated carbocycles. The van der Waals surface area contributed by atoms with Gasteiger partial charge in [0, 0.05) is 12.1 Å². The Morgan fingerprint density at radius 3 is 2.79 bits per heavy atom. The van der Waals surface area contributed by atoms with Crippen molar-refractivity contribution in [3.05, 3.63) is 65.0 Å². The lowest BCUT2D eigenvalue weighted by Gasteiger charge is -2.08. The summed E-state index contributed by atoms with van der Waals surface area (Å²) >= 11 is 0. The fraction of sp³-hybridized carbons (Fsp3) is 0.133. The van der Waals surface area contributed by atoms with Crippen LogP contribution < -0.4 is 10.5 Å². The van der Waals surface area contributed by atoms with Gasteiger partial charge < -0.3 is 10.5 Å².